The molecule has 0 saturated heterocycles. The number of aromatic nitrogens is 2. The topological polar surface area (TPSA) is 37.8 Å². The molecule has 0 radical (unpaired) electrons. The molecule has 0 spiro atoms. The molecule has 4 heteroatoms. The van der Waals surface area contributed by atoms with E-state index in [1.165, 1.54) is 24.0 Å². The Morgan fingerprint density at radius 1 is 1.30 bits per heavy atom. The van der Waals surface area contributed by atoms with Gasteiger partial charge in [0, 0.05) is 19.4 Å². The quantitative estimate of drug-likeness (QED) is 0.918. The van der Waals surface area contributed by atoms with Gasteiger partial charge in [-0.2, -0.15) is 0 Å². The molecule has 1 fully saturated rings. The molecule has 0 bridgehead atoms. The first-order valence-corrected chi connectivity index (χ1v) is 7.76. The van der Waals surface area contributed by atoms with E-state index >= 15 is 0 Å². The van der Waals surface area contributed by atoms with Crippen LogP contribution < -0.4 is 5.32 Å². The number of aryl methyl sites for hydroxylation is 1. The van der Waals surface area contributed by atoms with E-state index in [4.69, 9.17) is 4.98 Å². The van der Waals surface area contributed by atoms with Gasteiger partial charge < -0.3 is 5.32 Å². The van der Waals surface area contributed by atoms with Crippen molar-refractivity contribution < 1.29 is 0 Å². The summed E-state index contributed by atoms with van der Waals surface area (Å²) in [5.74, 6) is 2.39. The van der Waals surface area contributed by atoms with Crippen LogP contribution in [0.15, 0.2) is 28.7 Å². The van der Waals surface area contributed by atoms with Crippen LogP contribution in [0.25, 0.3) is 0 Å². The molecule has 3 nitrogen and oxygen atoms in total. The zero-order valence-corrected chi connectivity index (χ0v) is 13.4. The maximum Gasteiger partial charge on any atom is 0.144 e. The van der Waals surface area contributed by atoms with Gasteiger partial charge in [0.15, 0.2) is 0 Å². The molecule has 1 aromatic carbocycles. The number of nitrogens with zero attached hydrogens (tertiary/aromatic N) is 2. The molecule has 20 heavy (non-hydrogen) atoms. The lowest BCUT2D eigenvalue weighted by Crippen LogP contribution is -2.06. The van der Waals surface area contributed by atoms with Gasteiger partial charge in [0.05, 0.1) is 10.2 Å². The summed E-state index contributed by atoms with van der Waals surface area (Å²) in [5.41, 5.74) is 3.69. The van der Waals surface area contributed by atoms with Gasteiger partial charge in [-0.25, -0.2) is 9.97 Å². The molecular weight excluding hydrogens is 314 g/mol. The number of anilines is 1. The number of rotatable bonds is 4. The molecule has 2 aromatic rings. The van der Waals surface area contributed by atoms with Crippen LogP contribution in [0.3, 0.4) is 0 Å². The second kappa shape index (κ2) is 5.52. The molecule has 1 heterocycles. The molecule has 0 atom stereocenters. The van der Waals surface area contributed by atoms with Gasteiger partial charge in [-0.15, -0.1) is 0 Å². The normalized spacial score (nSPS) is 14.3. The predicted octanol–water partition coefficient (Wildman–Crippen LogP) is 4.06. The van der Waals surface area contributed by atoms with Crippen molar-refractivity contribution in [2.75, 3.05) is 12.4 Å². The summed E-state index contributed by atoms with van der Waals surface area (Å²) in [6.07, 6.45) is 3.26. The Labute approximate surface area is 128 Å². The minimum absolute atomic E-state index is 0.607. The van der Waals surface area contributed by atoms with Crippen molar-refractivity contribution in [3.05, 3.63) is 51.4 Å². The summed E-state index contributed by atoms with van der Waals surface area (Å²) >= 11 is 3.63. The van der Waals surface area contributed by atoms with Crippen LogP contribution in [0.4, 0.5) is 5.82 Å². The summed E-state index contributed by atoms with van der Waals surface area (Å²) in [7, 11) is 1.90. The third kappa shape index (κ3) is 2.85. The Balaban J connectivity index is 1.94. The minimum Gasteiger partial charge on any atom is -0.372 e. The van der Waals surface area contributed by atoms with Gasteiger partial charge in [0.1, 0.15) is 11.6 Å². The standard InChI is InChI=1S/C16H18BrN3/c1-10-4-3-5-11(8-10)9-13-19-15(12-6-7-12)14(17)16(18-2)20-13/h3-5,8,12H,6-7,9H2,1-2H3,(H,18,19,20). The van der Waals surface area contributed by atoms with Gasteiger partial charge in [-0.1, -0.05) is 29.8 Å². The maximum absolute atomic E-state index is 4.77. The second-order valence-corrected chi connectivity index (χ2v) is 6.17. The van der Waals surface area contributed by atoms with Crippen molar-refractivity contribution in [2.45, 2.75) is 32.1 Å². The number of hydrogen-bond acceptors (Lipinski definition) is 3. The minimum atomic E-state index is 0.607. The van der Waals surface area contributed by atoms with Gasteiger partial charge in [0.2, 0.25) is 0 Å². The van der Waals surface area contributed by atoms with E-state index in [2.05, 4.69) is 57.4 Å². The van der Waals surface area contributed by atoms with E-state index in [1.54, 1.807) is 0 Å². The van der Waals surface area contributed by atoms with Crippen molar-refractivity contribution in [1.29, 1.82) is 0 Å². The van der Waals surface area contributed by atoms with E-state index in [9.17, 15) is 0 Å². The zero-order chi connectivity index (χ0) is 14.1. The van der Waals surface area contributed by atoms with Crippen LogP contribution in [0, 0.1) is 6.92 Å². The van der Waals surface area contributed by atoms with Crippen LogP contribution in [0.2, 0.25) is 0 Å². The molecule has 0 aliphatic heterocycles. The first-order chi connectivity index (χ1) is 9.67. The summed E-state index contributed by atoms with van der Waals surface area (Å²) in [6.45, 7) is 2.11. The Bertz CT molecular complexity index is 636. The number of hydrogen-bond donors (Lipinski definition) is 1. The molecule has 1 aliphatic carbocycles. The molecule has 1 aromatic heterocycles. The highest BCUT2D eigenvalue weighted by Gasteiger charge is 2.29. The Kier molecular flexibility index (Phi) is 3.74. The van der Waals surface area contributed by atoms with Crippen molar-refractivity contribution in [3.63, 3.8) is 0 Å². The summed E-state index contributed by atoms with van der Waals surface area (Å²) in [6, 6.07) is 8.53. The first kappa shape index (κ1) is 13.6. The Morgan fingerprint density at radius 2 is 2.10 bits per heavy atom. The van der Waals surface area contributed by atoms with E-state index in [-0.39, 0.29) is 0 Å². The van der Waals surface area contributed by atoms with E-state index in [1.807, 2.05) is 7.05 Å². The van der Waals surface area contributed by atoms with Crippen LogP contribution in [-0.4, -0.2) is 17.0 Å². The molecular formula is C16H18BrN3. The second-order valence-electron chi connectivity index (χ2n) is 5.38. The van der Waals surface area contributed by atoms with Gasteiger partial charge in [-0.3, -0.25) is 0 Å². The fraction of sp³-hybridized carbons (Fsp3) is 0.375. The summed E-state index contributed by atoms with van der Waals surface area (Å²) < 4.78 is 1.02. The van der Waals surface area contributed by atoms with Crippen LogP contribution in [0.1, 0.15) is 41.4 Å². The zero-order valence-electron chi connectivity index (χ0n) is 11.8. The molecule has 1 saturated carbocycles. The smallest absolute Gasteiger partial charge is 0.144 e. The lowest BCUT2D eigenvalue weighted by Gasteiger charge is -2.11. The third-order valence-corrected chi connectivity index (χ3v) is 4.35. The molecule has 104 valence electrons. The largest absolute Gasteiger partial charge is 0.372 e. The highest BCUT2D eigenvalue weighted by Crippen LogP contribution is 2.43. The van der Waals surface area contributed by atoms with Crippen molar-refractivity contribution in [3.8, 4) is 0 Å². The summed E-state index contributed by atoms with van der Waals surface area (Å²) in [4.78, 5) is 9.39. The highest BCUT2D eigenvalue weighted by molar-refractivity contribution is 9.10. The fourth-order valence-electron chi connectivity index (χ4n) is 2.39. The average molecular weight is 332 g/mol. The van der Waals surface area contributed by atoms with E-state index < -0.39 is 0 Å². The van der Waals surface area contributed by atoms with Crippen molar-refractivity contribution >= 4 is 21.7 Å². The fourth-order valence-corrected chi connectivity index (χ4v) is 3.09. The van der Waals surface area contributed by atoms with Crippen LogP contribution in [-0.2, 0) is 6.42 Å². The Morgan fingerprint density at radius 3 is 2.75 bits per heavy atom. The predicted molar refractivity (Wildman–Crippen MR) is 85.2 cm³/mol. The van der Waals surface area contributed by atoms with Crippen LogP contribution >= 0.6 is 15.9 Å². The lowest BCUT2D eigenvalue weighted by atomic mass is 10.1. The lowest BCUT2D eigenvalue weighted by molar-refractivity contribution is 0.891. The monoisotopic (exact) mass is 331 g/mol. The SMILES string of the molecule is CNc1nc(Cc2cccc(C)c2)nc(C2CC2)c1Br. The van der Waals surface area contributed by atoms with Crippen molar-refractivity contribution in [1.82, 2.24) is 9.97 Å². The average Bonchev–Trinajstić information content (AvgIpc) is 3.25. The molecule has 0 unspecified atom stereocenters. The van der Waals surface area contributed by atoms with Gasteiger partial charge >= 0.3 is 0 Å². The Hall–Kier alpha value is -1.42. The molecule has 1 N–H and O–H groups in total. The van der Waals surface area contributed by atoms with Crippen molar-refractivity contribution in [2.24, 2.45) is 0 Å². The number of halogens is 1. The number of nitrogens with one attached hydrogen (secondary N) is 1. The van der Waals surface area contributed by atoms with Crippen LogP contribution in [0.5, 0.6) is 0 Å². The van der Waals surface area contributed by atoms with E-state index in [0.717, 1.165) is 28.2 Å². The maximum atomic E-state index is 4.77. The molecule has 1 aliphatic rings. The third-order valence-electron chi connectivity index (χ3n) is 3.57. The summed E-state index contributed by atoms with van der Waals surface area (Å²) in [5, 5.41) is 3.16. The van der Waals surface area contributed by atoms with Gasteiger partial charge in [-0.05, 0) is 41.3 Å². The highest BCUT2D eigenvalue weighted by atomic mass is 79.9. The van der Waals surface area contributed by atoms with E-state index in [0.29, 0.717) is 5.92 Å². The molecule has 3 rings (SSSR count). The number of benzene rings is 1. The first-order valence-electron chi connectivity index (χ1n) is 6.97. The molecule has 0 amide bonds. The van der Waals surface area contributed by atoms with Gasteiger partial charge in [0.25, 0.3) is 0 Å².